The van der Waals surface area contributed by atoms with Crippen molar-refractivity contribution >= 4 is 11.7 Å². The Labute approximate surface area is 175 Å². The largest absolute Gasteiger partial charge is 0.342 e. The molecule has 0 radical (unpaired) electrons. The Kier molecular flexibility index (Phi) is 6.69. The Hall–Kier alpha value is -1.68. The molecule has 3 fully saturated rings. The molecule has 1 spiro atoms. The predicted molar refractivity (Wildman–Crippen MR) is 116 cm³/mol. The number of hydrogen-bond donors (Lipinski definition) is 0. The van der Waals surface area contributed by atoms with E-state index in [4.69, 9.17) is 0 Å². The van der Waals surface area contributed by atoms with Crippen molar-refractivity contribution in [3.05, 3.63) is 35.9 Å². The van der Waals surface area contributed by atoms with Crippen LogP contribution < -0.4 is 0 Å². The molecule has 2 aliphatic heterocycles. The molecule has 158 valence electrons. The molecule has 1 aromatic rings. The van der Waals surface area contributed by atoms with E-state index in [2.05, 4.69) is 4.90 Å². The molecule has 0 aromatic heterocycles. The summed E-state index contributed by atoms with van der Waals surface area (Å²) in [5.74, 6) is 1.13. The van der Waals surface area contributed by atoms with Crippen molar-refractivity contribution in [3.63, 3.8) is 0 Å². The average Bonchev–Trinajstić information content (AvgIpc) is 3.16. The third kappa shape index (κ3) is 5.28. The summed E-state index contributed by atoms with van der Waals surface area (Å²) >= 11 is 0. The summed E-state index contributed by atoms with van der Waals surface area (Å²) in [5, 5.41) is 0. The number of benzene rings is 1. The van der Waals surface area contributed by atoms with Gasteiger partial charge in [0.05, 0.1) is 0 Å². The van der Waals surface area contributed by atoms with Crippen LogP contribution in [-0.4, -0.2) is 54.2 Å². The lowest BCUT2D eigenvalue weighted by Gasteiger charge is -2.42. The summed E-state index contributed by atoms with van der Waals surface area (Å²) in [6, 6.07) is 9.33. The predicted octanol–water partition coefficient (Wildman–Crippen LogP) is 4.54. The molecule has 1 aliphatic carbocycles. The molecule has 1 aromatic carbocycles. The minimum absolute atomic E-state index is 0.0733. The van der Waals surface area contributed by atoms with Crippen molar-refractivity contribution in [1.29, 1.82) is 0 Å². The Balaban J connectivity index is 1.26. The third-order valence-electron chi connectivity index (χ3n) is 7.43. The van der Waals surface area contributed by atoms with Gasteiger partial charge in [0.1, 0.15) is 0 Å². The van der Waals surface area contributed by atoms with Gasteiger partial charge in [-0.05, 0) is 44.6 Å². The van der Waals surface area contributed by atoms with Crippen molar-refractivity contribution in [2.75, 3.05) is 32.7 Å². The fourth-order valence-corrected chi connectivity index (χ4v) is 5.83. The van der Waals surface area contributed by atoms with E-state index in [9.17, 15) is 9.59 Å². The lowest BCUT2D eigenvalue weighted by atomic mass is 9.78. The molecule has 1 atom stereocenters. The molecule has 0 unspecified atom stereocenters. The molecule has 1 saturated carbocycles. The van der Waals surface area contributed by atoms with Crippen molar-refractivity contribution in [2.45, 2.75) is 64.2 Å². The van der Waals surface area contributed by atoms with E-state index < -0.39 is 0 Å². The van der Waals surface area contributed by atoms with Gasteiger partial charge in [0.2, 0.25) is 5.91 Å². The fraction of sp³-hybridized carbons (Fsp3) is 0.680. The van der Waals surface area contributed by atoms with Gasteiger partial charge in [-0.15, -0.1) is 0 Å². The highest BCUT2D eigenvalue weighted by molar-refractivity contribution is 5.97. The molecule has 0 N–H and O–H groups in total. The zero-order valence-electron chi connectivity index (χ0n) is 17.8. The lowest BCUT2D eigenvalue weighted by Crippen LogP contribution is -2.47. The van der Waals surface area contributed by atoms with E-state index >= 15 is 0 Å². The maximum atomic E-state index is 12.8. The van der Waals surface area contributed by atoms with Crippen molar-refractivity contribution < 1.29 is 9.59 Å². The highest BCUT2D eigenvalue weighted by Crippen LogP contribution is 2.40. The molecule has 4 heteroatoms. The van der Waals surface area contributed by atoms with Gasteiger partial charge in [0.15, 0.2) is 5.78 Å². The Morgan fingerprint density at radius 1 is 0.897 bits per heavy atom. The highest BCUT2D eigenvalue weighted by Gasteiger charge is 2.42. The van der Waals surface area contributed by atoms with Gasteiger partial charge in [-0.1, -0.05) is 49.6 Å². The van der Waals surface area contributed by atoms with E-state index in [1.165, 1.54) is 58.0 Å². The SMILES string of the molecule is O=C(CCC(=O)N1CC[C@@]2(CCCN(CC3CCCCC3)C2)C1)c1ccccc1. The molecule has 2 heterocycles. The first-order chi connectivity index (χ1) is 14.1. The van der Waals surface area contributed by atoms with Crippen molar-refractivity contribution in [2.24, 2.45) is 11.3 Å². The minimum atomic E-state index is 0.0733. The van der Waals surface area contributed by atoms with Crippen LogP contribution in [0.4, 0.5) is 0 Å². The second-order valence-corrected chi connectivity index (χ2v) is 9.70. The average molecular weight is 397 g/mol. The summed E-state index contributed by atoms with van der Waals surface area (Å²) in [7, 11) is 0. The standard InChI is InChI=1S/C25H36N2O2/c28-23(22-10-5-2-6-11-22)12-13-24(29)27-17-15-25(20-27)14-7-16-26(19-25)18-21-8-3-1-4-9-21/h2,5-6,10-11,21H,1,3-4,7-9,12-20H2/t25-/m1/s1. The quantitative estimate of drug-likeness (QED) is 0.663. The zero-order valence-corrected chi connectivity index (χ0v) is 17.8. The van der Waals surface area contributed by atoms with Crippen LogP contribution in [0, 0.1) is 11.3 Å². The number of carbonyl (C=O) groups is 2. The maximum absolute atomic E-state index is 12.8. The molecule has 1 amide bonds. The van der Waals surface area contributed by atoms with Gasteiger partial charge in [-0.3, -0.25) is 9.59 Å². The van der Waals surface area contributed by atoms with Gasteiger partial charge < -0.3 is 9.80 Å². The molecule has 3 aliphatic rings. The van der Waals surface area contributed by atoms with Gasteiger partial charge in [-0.2, -0.15) is 0 Å². The number of nitrogens with zero attached hydrogens (tertiary/aromatic N) is 2. The number of Topliss-reactive ketones (excluding diaryl/α,β-unsaturated/α-hetero) is 1. The van der Waals surface area contributed by atoms with E-state index in [1.807, 2.05) is 35.2 Å². The molecular weight excluding hydrogens is 360 g/mol. The Morgan fingerprint density at radius 3 is 2.48 bits per heavy atom. The first-order valence-electron chi connectivity index (χ1n) is 11.7. The zero-order chi connectivity index (χ0) is 20.1. The number of likely N-dealkylation sites (tertiary alicyclic amines) is 2. The van der Waals surface area contributed by atoms with Crippen LogP contribution >= 0.6 is 0 Å². The fourth-order valence-electron chi connectivity index (χ4n) is 5.83. The molecule has 4 nitrogen and oxygen atoms in total. The first-order valence-corrected chi connectivity index (χ1v) is 11.7. The second kappa shape index (κ2) is 9.42. The number of hydrogen-bond acceptors (Lipinski definition) is 3. The molecule has 29 heavy (non-hydrogen) atoms. The molecular formula is C25H36N2O2. The number of piperidine rings is 1. The molecule has 4 rings (SSSR count). The van der Waals surface area contributed by atoms with Gasteiger partial charge >= 0.3 is 0 Å². The summed E-state index contributed by atoms with van der Waals surface area (Å²) in [5.41, 5.74) is 1.01. The summed E-state index contributed by atoms with van der Waals surface area (Å²) in [4.78, 5) is 29.8. The van der Waals surface area contributed by atoms with Crippen LogP contribution in [0.1, 0.15) is 74.6 Å². The van der Waals surface area contributed by atoms with Gasteiger partial charge in [0, 0.05) is 50.0 Å². The molecule has 0 bridgehead atoms. The van der Waals surface area contributed by atoms with Crippen LogP contribution in [0.15, 0.2) is 30.3 Å². The van der Waals surface area contributed by atoms with Crippen molar-refractivity contribution in [3.8, 4) is 0 Å². The monoisotopic (exact) mass is 396 g/mol. The van der Waals surface area contributed by atoms with Gasteiger partial charge in [0.25, 0.3) is 0 Å². The van der Waals surface area contributed by atoms with E-state index in [1.54, 1.807) is 0 Å². The second-order valence-electron chi connectivity index (χ2n) is 9.70. The Bertz CT molecular complexity index is 698. The summed E-state index contributed by atoms with van der Waals surface area (Å²) in [6.07, 6.45) is 11.4. The van der Waals surface area contributed by atoms with Crippen LogP contribution in [-0.2, 0) is 4.79 Å². The van der Waals surface area contributed by atoms with E-state index in [0.29, 0.717) is 23.8 Å². The van der Waals surface area contributed by atoms with Crippen LogP contribution in [0.3, 0.4) is 0 Å². The lowest BCUT2D eigenvalue weighted by molar-refractivity contribution is -0.130. The number of rotatable bonds is 6. The van der Waals surface area contributed by atoms with E-state index in [0.717, 1.165) is 32.0 Å². The number of ketones is 1. The van der Waals surface area contributed by atoms with Crippen LogP contribution in [0.5, 0.6) is 0 Å². The highest BCUT2D eigenvalue weighted by atomic mass is 16.2. The third-order valence-corrected chi connectivity index (χ3v) is 7.43. The smallest absolute Gasteiger partial charge is 0.223 e. The van der Waals surface area contributed by atoms with Crippen LogP contribution in [0.2, 0.25) is 0 Å². The van der Waals surface area contributed by atoms with E-state index in [-0.39, 0.29) is 11.7 Å². The minimum Gasteiger partial charge on any atom is -0.342 e. The maximum Gasteiger partial charge on any atom is 0.223 e. The summed E-state index contributed by atoms with van der Waals surface area (Å²) < 4.78 is 0. The topological polar surface area (TPSA) is 40.6 Å². The van der Waals surface area contributed by atoms with Crippen molar-refractivity contribution in [1.82, 2.24) is 9.80 Å². The summed E-state index contributed by atoms with van der Waals surface area (Å²) in [6.45, 7) is 5.43. The number of carbonyl (C=O) groups excluding carboxylic acids is 2. The van der Waals surface area contributed by atoms with Crippen LogP contribution in [0.25, 0.3) is 0 Å². The number of amides is 1. The molecule has 2 saturated heterocycles. The normalized spacial score (nSPS) is 26.1. The first kappa shape index (κ1) is 20.6. The Morgan fingerprint density at radius 2 is 1.69 bits per heavy atom. The van der Waals surface area contributed by atoms with Gasteiger partial charge in [-0.25, -0.2) is 0 Å².